The number of rotatable bonds is 5. The van der Waals surface area contributed by atoms with E-state index >= 15 is 0 Å². The molecule has 1 aromatic heterocycles. The molecule has 122 valence electrons. The lowest BCUT2D eigenvalue weighted by atomic mass is 10.1. The van der Waals surface area contributed by atoms with Crippen molar-refractivity contribution in [1.29, 1.82) is 0 Å². The number of hydrogen-bond donors (Lipinski definition) is 1. The van der Waals surface area contributed by atoms with Crippen LogP contribution in [0.2, 0.25) is 0 Å². The van der Waals surface area contributed by atoms with Crippen LogP contribution in [0.3, 0.4) is 0 Å². The van der Waals surface area contributed by atoms with E-state index < -0.39 is 0 Å². The van der Waals surface area contributed by atoms with Crippen molar-refractivity contribution in [3.8, 4) is 5.75 Å². The number of carbonyl (C=O) groups excluding carboxylic acids is 1. The molecule has 1 heterocycles. The molecule has 0 unspecified atom stereocenters. The number of Topliss-reactive ketones (excluding diaryl/α,β-unsaturated/α-hetero) is 1. The quantitative estimate of drug-likeness (QED) is 0.733. The zero-order valence-electron chi connectivity index (χ0n) is 13.6. The molecule has 0 atom stereocenters. The van der Waals surface area contributed by atoms with Gasteiger partial charge in [-0.2, -0.15) is 0 Å². The number of benzene rings is 2. The van der Waals surface area contributed by atoms with Gasteiger partial charge in [0, 0.05) is 6.42 Å². The average Bonchev–Trinajstić information content (AvgIpc) is 2.60. The summed E-state index contributed by atoms with van der Waals surface area (Å²) < 4.78 is 5.18. The summed E-state index contributed by atoms with van der Waals surface area (Å²) in [5, 5.41) is 0.499. The highest BCUT2D eigenvalue weighted by Crippen LogP contribution is 2.15. The minimum Gasteiger partial charge on any atom is -0.497 e. The van der Waals surface area contributed by atoms with Crippen LogP contribution in [0.5, 0.6) is 5.75 Å². The van der Waals surface area contributed by atoms with Gasteiger partial charge in [-0.15, -0.1) is 0 Å². The summed E-state index contributed by atoms with van der Waals surface area (Å²) in [6.45, 7) is 1.91. The molecule has 0 radical (unpaired) electrons. The third-order valence-electron chi connectivity index (χ3n) is 3.90. The maximum atomic E-state index is 12.4. The van der Waals surface area contributed by atoms with Crippen LogP contribution in [-0.2, 0) is 6.42 Å². The zero-order valence-corrected chi connectivity index (χ0v) is 13.6. The Morgan fingerprint density at radius 3 is 2.83 bits per heavy atom. The molecule has 3 aromatic rings. The number of aryl methyl sites for hydroxylation is 2. The molecule has 0 fully saturated rings. The van der Waals surface area contributed by atoms with Gasteiger partial charge in [-0.1, -0.05) is 23.8 Å². The Bertz CT molecular complexity index is 960. The van der Waals surface area contributed by atoms with Gasteiger partial charge in [0.05, 0.1) is 18.0 Å². The van der Waals surface area contributed by atoms with Crippen LogP contribution < -0.4 is 10.3 Å². The molecule has 0 aliphatic rings. The van der Waals surface area contributed by atoms with Crippen molar-refractivity contribution in [3.63, 3.8) is 0 Å². The summed E-state index contributed by atoms with van der Waals surface area (Å²) >= 11 is 0. The number of hydrogen-bond acceptors (Lipinski definition) is 4. The van der Waals surface area contributed by atoms with E-state index in [-0.39, 0.29) is 23.6 Å². The number of aromatic amines is 1. The number of methoxy groups -OCH3 is 1. The molecule has 0 saturated carbocycles. The molecule has 0 spiro atoms. The van der Waals surface area contributed by atoms with Crippen molar-refractivity contribution in [2.24, 2.45) is 0 Å². The highest BCUT2D eigenvalue weighted by Gasteiger charge is 2.12. The van der Waals surface area contributed by atoms with Crippen LogP contribution in [-0.4, -0.2) is 22.9 Å². The van der Waals surface area contributed by atoms with Gasteiger partial charge >= 0.3 is 0 Å². The van der Waals surface area contributed by atoms with Crippen molar-refractivity contribution >= 4 is 16.7 Å². The number of fused-ring (bicyclic) bond motifs is 1. The predicted octanol–water partition coefficient (Wildman–Crippen LogP) is 3.06. The summed E-state index contributed by atoms with van der Waals surface area (Å²) in [4.78, 5) is 31.4. The van der Waals surface area contributed by atoms with E-state index in [0.29, 0.717) is 17.3 Å². The molecule has 0 bridgehead atoms. The normalized spacial score (nSPS) is 10.8. The summed E-state index contributed by atoms with van der Waals surface area (Å²) in [5.74, 6) is 0.684. The van der Waals surface area contributed by atoms with Gasteiger partial charge in [-0.05, 0) is 43.2 Å². The van der Waals surface area contributed by atoms with E-state index in [1.165, 1.54) is 0 Å². The van der Waals surface area contributed by atoms with Gasteiger partial charge in [0.25, 0.3) is 5.56 Å². The third kappa shape index (κ3) is 3.35. The molecular formula is C19H18N2O3. The lowest BCUT2D eigenvalue weighted by molar-refractivity contribution is 0.0973. The van der Waals surface area contributed by atoms with Crippen LogP contribution in [0, 0.1) is 6.92 Å². The van der Waals surface area contributed by atoms with Gasteiger partial charge in [0.2, 0.25) is 0 Å². The number of aromatic nitrogens is 2. The third-order valence-corrected chi connectivity index (χ3v) is 3.90. The SMILES string of the molecule is COc1cccc(CCC(=O)c2nc3ccc(C)cc3c(=O)[nH]2)c1. The van der Waals surface area contributed by atoms with Crippen LogP contribution in [0.1, 0.15) is 28.2 Å². The molecule has 5 nitrogen and oxygen atoms in total. The molecule has 3 rings (SSSR count). The Kier molecular flexibility index (Phi) is 4.42. The molecule has 1 N–H and O–H groups in total. The van der Waals surface area contributed by atoms with E-state index in [4.69, 9.17) is 4.74 Å². The van der Waals surface area contributed by atoms with Crippen molar-refractivity contribution in [2.45, 2.75) is 19.8 Å². The first kappa shape index (κ1) is 15.9. The molecule has 0 aliphatic carbocycles. The van der Waals surface area contributed by atoms with E-state index in [0.717, 1.165) is 16.9 Å². The first-order valence-electron chi connectivity index (χ1n) is 7.73. The van der Waals surface area contributed by atoms with Crippen molar-refractivity contribution in [2.75, 3.05) is 7.11 Å². The number of H-pyrrole nitrogens is 1. The van der Waals surface area contributed by atoms with Crippen LogP contribution in [0.25, 0.3) is 10.9 Å². The Hall–Kier alpha value is -2.95. The summed E-state index contributed by atoms with van der Waals surface area (Å²) in [5.41, 5.74) is 2.23. The van der Waals surface area contributed by atoms with Gasteiger partial charge < -0.3 is 9.72 Å². The number of nitrogens with one attached hydrogen (secondary N) is 1. The fourth-order valence-electron chi connectivity index (χ4n) is 2.59. The standard InChI is InChI=1S/C19H18N2O3/c1-12-6-8-16-15(10-12)19(23)21-18(20-16)17(22)9-7-13-4-3-5-14(11-13)24-2/h3-6,8,10-11H,7,9H2,1-2H3,(H,20,21,23). The molecule has 0 saturated heterocycles. The molecule has 2 aromatic carbocycles. The van der Waals surface area contributed by atoms with E-state index in [9.17, 15) is 9.59 Å². The average molecular weight is 322 g/mol. The maximum Gasteiger partial charge on any atom is 0.259 e. The number of ketones is 1. The van der Waals surface area contributed by atoms with Crippen LogP contribution in [0.4, 0.5) is 0 Å². The number of ether oxygens (including phenoxy) is 1. The summed E-state index contributed by atoms with van der Waals surface area (Å²) in [6, 6.07) is 13.0. The molecule has 0 amide bonds. The fourth-order valence-corrected chi connectivity index (χ4v) is 2.59. The van der Waals surface area contributed by atoms with Gasteiger partial charge in [-0.25, -0.2) is 4.98 Å². The second-order valence-corrected chi connectivity index (χ2v) is 5.71. The Morgan fingerprint density at radius 1 is 1.21 bits per heavy atom. The lowest BCUT2D eigenvalue weighted by Gasteiger charge is -2.05. The molecule has 5 heteroatoms. The number of nitrogens with zero attached hydrogens (tertiary/aromatic N) is 1. The largest absolute Gasteiger partial charge is 0.497 e. The van der Waals surface area contributed by atoms with Crippen LogP contribution >= 0.6 is 0 Å². The lowest BCUT2D eigenvalue weighted by Crippen LogP contribution is -2.16. The Balaban J connectivity index is 1.81. The van der Waals surface area contributed by atoms with Gasteiger partial charge in [0.15, 0.2) is 11.6 Å². The first-order valence-corrected chi connectivity index (χ1v) is 7.73. The second-order valence-electron chi connectivity index (χ2n) is 5.71. The monoisotopic (exact) mass is 322 g/mol. The van der Waals surface area contributed by atoms with Crippen molar-refractivity contribution < 1.29 is 9.53 Å². The maximum absolute atomic E-state index is 12.4. The predicted molar refractivity (Wildman–Crippen MR) is 92.7 cm³/mol. The Labute approximate surface area is 139 Å². The second kappa shape index (κ2) is 6.66. The highest BCUT2D eigenvalue weighted by atomic mass is 16.5. The van der Waals surface area contributed by atoms with E-state index in [1.807, 2.05) is 37.3 Å². The molecule has 24 heavy (non-hydrogen) atoms. The smallest absolute Gasteiger partial charge is 0.259 e. The van der Waals surface area contributed by atoms with Crippen molar-refractivity contribution in [1.82, 2.24) is 9.97 Å². The first-order chi connectivity index (χ1) is 11.6. The van der Waals surface area contributed by atoms with Gasteiger partial charge in [0.1, 0.15) is 5.75 Å². The van der Waals surface area contributed by atoms with Gasteiger partial charge in [-0.3, -0.25) is 9.59 Å². The van der Waals surface area contributed by atoms with E-state index in [2.05, 4.69) is 9.97 Å². The summed E-state index contributed by atoms with van der Waals surface area (Å²) in [7, 11) is 1.61. The minimum absolute atomic E-state index is 0.110. The Morgan fingerprint density at radius 2 is 2.04 bits per heavy atom. The van der Waals surface area contributed by atoms with Crippen molar-refractivity contribution in [3.05, 3.63) is 69.8 Å². The fraction of sp³-hybridized carbons (Fsp3) is 0.211. The molecule has 0 aliphatic heterocycles. The highest BCUT2D eigenvalue weighted by molar-refractivity contribution is 5.94. The van der Waals surface area contributed by atoms with Crippen LogP contribution in [0.15, 0.2) is 47.3 Å². The topological polar surface area (TPSA) is 72.0 Å². The minimum atomic E-state index is -0.284. The summed E-state index contributed by atoms with van der Waals surface area (Å²) in [6.07, 6.45) is 0.832. The van der Waals surface area contributed by atoms with E-state index in [1.54, 1.807) is 19.2 Å². The number of carbonyl (C=O) groups is 1. The zero-order chi connectivity index (χ0) is 17.1. The molecular weight excluding hydrogens is 304 g/mol.